The maximum Gasteiger partial charge on any atom is 0.148 e. The molecule has 0 heterocycles. The number of hydrogen-bond donors (Lipinski definition) is 1. The second-order valence-corrected chi connectivity index (χ2v) is 5.68. The lowest BCUT2D eigenvalue weighted by atomic mass is 10.1. The predicted molar refractivity (Wildman–Crippen MR) is 85.7 cm³/mol. The lowest BCUT2D eigenvalue weighted by Gasteiger charge is -2.04. The highest BCUT2D eigenvalue weighted by Crippen LogP contribution is 2.22. The van der Waals surface area contributed by atoms with E-state index in [4.69, 9.17) is 5.73 Å². The summed E-state index contributed by atoms with van der Waals surface area (Å²) in [7, 11) is 0. The summed E-state index contributed by atoms with van der Waals surface area (Å²) >= 11 is 3.14. The first-order valence-electron chi connectivity index (χ1n) is 6.28. The number of rotatable bonds is 3. The van der Waals surface area contributed by atoms with Crippen LogP contribution in [0.4, 0.5) is 10.1 Å². The Labute approximate surface area is 126 Å². The van der Waals surface area contributed by atoms with Crippen LogP contribution >= 0.6 is 15.9 Å². The van der Waals surface area contributed by atoms with Crippen molar-refractivity contribution in [2.24, 2.45) is 4.99 Å². The Balaban J connectivity index is 2.20. The molecule has 2 aromatic carbocycles. The van der Waals surface area contributed by atoms with E-state index in [1.807, 2.05) is 13.8 Å². The number of aliphatic imine (C=N–C) groups is 1. The van der Waals surface area contributed by atoms with E-state index in [1.165, 1.54) is 17.3 Å². The fraction of sp³-hybridized carbons (Fsp3) is 0.188. The maximum absolute atomic E-state index is 13.9. The number of hydrogen-bond acceptors (Lipinski definition) is 2. The summed E-state index contributed by atoms with van der Waals surface area (Å²) in [4.78, 5) is 4.29. The number of nitrogens with zero attached hydrogens (tertiary/aromatic N) is 1. The van der Waals surface area contributed by atoms with Crippen LogP contribution in [-0.4, -0.2) is 6.21 Å². The summed E-state index contributed by atoms with van der Waals surface area (Å²) in [6.45, 7) is 4.60. The van der Waals surface area contributed by atoms with Crippen molar-refractivity contribution in [3.05, 3.63) is 62.9 Å². The highest BCUT2D eigenvalue weighted by atomic mass is 79.9. The molecule has 0 amide bonds. The third-order valence-corrected chi connectivity index (χ3v) is 3.55. The quantitative estimate of drug-likeness (QED) is 0.655. The Hall–Kier alpha value is -1.68. The van der Waals surface area contributed by atoms with Crippen LogP contribution in [0, 0.1) is 19.7 Å². The minimum atomic E-state index is -0.380. The average Bonchev–Trinajstić information content (AvgIpc) is 2.37. The second-order valence-electron chi connectivity index (χ2n) is 4.83. The number of aryl methyl sites for hydroxylation is 2. The normalized spacial score (nSPS) is 11.2. The molecule has 2 nitrogen and oxygen atoms in total. The molecule has 0 spiro atoms. The SMILES string of the molecule is Cc1cc(C)cc(CN=Cc2c(N)ccc(Br)c2F)c1. The Bertz CT molecular complexity index is 646. The molecule has 104 valence electrons. The predicted octanol–water partition coefficient (Wildman–Crippen LogP) is 4.41. The Morgan fingerprint density at radius 3 is 2.50 bits per heavy atom. The topological polar surface area (TPSA) is 38.4 Å². The second kappa shape index (κ2) is 6.18. The molecule has 0 fully saturated rings. The van der Waals surface area contributed by atoms with E-state index in [9.17, 15) is 4.39 Å². The lowest BCUT2D eigenvalue weighted by molar-refractivity contribution is 0.620. The molecule has 0 aromatic heterocycles. The molecule has 4 heteroatoms. The Kier molecular flexibility index (Phi) is 4.55. The van der Waals surface area contributed by atoms with E-state index < -0.39 is 0 Å². The van der Waals surface area contributed by atoms with Crippen molar-refractivity contribution >= 4 is 27.8 Å². The van der Waals surface area contributed by atoms with Gasteiger partial charge in [0, 0.05) is 11.9 Å². The van der Waals surface area contributed by atoms with Crippen LogP contribution in [0.3, 0.4) is 0 Å². The van der Waals surface area contributed by atoms with Gasteiger partial charge in [-0.25, -0.2) is 4.39 Å². The highest BCUT2D eigenvalue weighted by Gasteiger charge is 2.07. The molecule has 0 saturated carbocycles. The Morgan fingerprint density at radius 1 is 1.20 bits per heavy atom. The zero-order valence-corrected chi connectivity index (χ0v) is 13.0. The summed E-state index contributed by atoms with van der Waals surface area (Å²) in [6.07, 6.45) is 1.49. The van der Waals surface area contributed by atoms with E-state index in [-0.39, 0.29) is 5.82 Å². The van der Waals surface area contributed by atoms with Crippen LogP contribution in [0.2, 0.25) is 0 Å². The largest absolute Gasteiger partial charge is 0.398 e. The maximum atomic E-state index is 13.9. The molecule has 0 aliphatic heterocycles. The molecule has 0 bridgehead atoms. The monoisotopic (exact) mass is 334 g/mol. The number of nitrogen functional groups attached to an aromatic ring is 1. The summed E-state index contributed by atoms with van der Waals surface area (Å²) in [6, 6.07) is 9.51. The van der Waals surface area contributed by atoms with Gasteiger partial charge in [0.05, 0.1) is 16.6 Å². The first-order valence-corrected chi connectivity index (χ1v) is 7.07. The minimum absolute atomic E-state index is 0.323. The molecule has 2 aromatic rings. The first kappa shape index (κ1) is 14.7. The number of nitrogens with two attached hydrogens (primary N) is 1. The molecule has 0 saturated heterocycles. The van der Waals surface area contributed by atoms with Gasteiger partial charge in [0.15, 0.2) is 0 Å². The van der Waals surface area contributed by atoms with Crippen LogP contribution < -0.4 is 5.73 Å². The molecule has 0 aliphatic rings. The van der Waals surface area contributed by atoms with Crippen LogP contribution in [-0.2, 0) is 6.54 Å². The van der Waals surface area contributed by atoms with E-state index >= 15 is 0 Å². The molecule has 0 aliphatic carbocycles. The summed E-state index contributed by atoms with van der Waals surface area (Å²) in [5.74, 6) is -0.380. The number of anilines is 1. The summed E-state index contributed by atoms with van der Waals surface area (Å²) < 4.78 is 14.3. The van der Waals surface area contributed by atoms with E-state index in [1.54, 1.807) is 12.1 Å². The zero-order valence-electron chi connectivity index (χ0n) is 11.5. The molecule has 2 N–H and O–H groups in total. The van der Waals surface area contributed by atoms with Crippen molar-refractivity contribution in [3.8, 4) is 0 Å². The van der Waals surface area contributed by atoms with E-state index in [0.29, 0.717) is 22.3 Å². The van der Waals surface area contributed by atoms with Crippen molar-refractivity contribution < 1.29 is 4.39 Å². The molecule has 0 atom stereocenters. The van der Waals surface area contributed by atoms with Gasteiger partial charge in [-0.1, -0.05) is 29.3 Å². The van der Waals surface area contributed by atoms with E-state index in [0.717, 1.165) is 5.56 Å². The van der Waals surface area contributed by atoms with Gasteiger partial charge >= 0.3 is 0 Å². The number of benzene rings is 2. The number of halogens is 2. The molecule has 20 heavy (non-hydrogen) atoms. The van der Waals surface area contributed by atoms with Gasteiger partial charge in [0.2, 0.25) is 0 Å². The van der Waals surface area contributed by atoms with Crippen LogP contribution in [0.15, 0.2) is 39.8 Å². The molecule has 0 unspecified atom stereocenters. The summed E-state index contributed by atoms with van der Waals surface area (Å²) in [5, 5.41) is 0. The summed E-state index contributed by atoms with van der Waals surface area (Å²) in [5.41, 5.74) is 9.97. The minimum Gasteiger partial charge on any atom is -0.398 e. The van der Waals surface area contributed by atoms with Gasteiger partial charge < -0.3 is 5.73 Å². The van der Waals surface area contributed by atoms with Crippen LogP contribution in [0.25, 0.3) is 0 Å². The first-order chi connectivity index (χ1) is 9.47. The van der Waals surface area contributed by atoms with Crippen molar-refractivity contribution in [1.82, 2.24) is 0 Å². The molecule has 0 radical (unpaired) electrons. The van der Waals surface area contributed by atoms with Crippen LogP contribution in [0.1, 0.15) is 22.3 Å². The third-order valence-electron chi connectivity index (χ3n) is 2.94. The van der Waals surface area contributed by atoms with Crippen molar-refractivity contribution in [2.75, 3.05) is 5.73 Å². The van der Waals surface area contributed by atoms with E-state index in [2.05, 4.69) is 39.1 Å². The van der Waals surface area contributed by atoms with Crippen molar-refractivity contribution in [3.63, 3.8) is 0 Å². The van der Waals surface area contributed by atoms with Crippen molar-refractivity contribution in [2.45, 2.75) is 20.4 Å². The highest BCUT2D eigenvalue weighted by molar-refractivity contribution is 9.10. The molecule has 2 rings (SSSR count). The van der Waals surface area contributed by atoms with Gasteiger partial charge in [0.25, 0.3) is 0 Å². The van der Waals surface area contributed by atoms with Gasteiger partial charge in [-0.2, -0.15) is 0 Å². The Morgan fingerprint density at radius 2 is 1.85 bits per heavy atom. The molecular formula is C16H16BrFN2. The van der Waals surface area contributed by atoms with Gasteiger partial charge in [0.1, 0.15) is 5.82 Å². The fourth-order valence-corrected chi connectivity index (χ4v) is 2.46. The van der Waals surface area contributed by atoms with Gasteiger partial charge in [-0.05, 0) is 47.5 Å². The standard InChI is InChI=1S/C16H16BrFN2/c1-10-5-11(2)7-12(6-10)8-20-9-13-15(19)4-3-14(17)16(13)18/h3-7,9H,8,19H2,1-2H3. The fourth-order valence-electron chi connectivity index (χ4n) is 2.12. The van der Waals surface area contributed by atoms with Crippen LogP contribution in [0.5, 0.6) is 0 Å². The third kappa shape index (κ3) is 3.45. The lowest BCUT2D eigenvalue weighted by Crippen LogP contribution is -1.98. The van der Waals surface area contributed by atoms with Gasteiger partial charge in [-0.3, -0.25) is 4.99 Å². The average molecular weight is 335 g/mol. The van der Waals surface area contributed by atoms with Crippen molar-refractivity contribution in [1.29, 1.82) is 0 Å². The zero-order chi connectivity index (χ0) is 14.7. The van der Waals surface area contributed by atoms with Gasteiger partial charge in [-0.15, -0.1) is 0 Å². The smallest absolute Gasteiger partial charge is 0.148 e. The molecular weight excluding hydrogens is 319 g/mol.